The Morgan fingerprint density at radius 1 is 1.12 bits per heavy atom. The molecule has 3 heterocycles. The van der Waals surface area contributed by atoms with Gasteiger partial charge in [0.15, 0.2) is 5.82 Å². The lowest BCUT2D eigenvalue weighted by molar-refractivity contribution is -0.109. The second-order valence-corrected chi connectivity index (χ2v) is 9.56. The number of likely N-dealkylation sites (N-methyl/N-ethyl adjacent to an activating group) is 1. The molecule has 1 aromatic carbocycles. The summed E-state index contributed by atoms with van der Waals surface area (Å²) in [6.45, 7) is 5.49. The highest BCUT2D eigenvalue weighted by Gasteiger charge is 2.36. The van der Waals surface area contributed by atoms with Crippen LogP contribution in [0, 0.1) is 0 Å². The minimum absolute atomic E-state index is 0.180. The maximum Gasteiger partial charge on any atom is 0.229 e. The molecule has 1 saturated carbocycles. The fraction of sp³-hybridized carbons (Fsp3) is 0.560. The average molecular weight is 466 g/mol. The van der Waals surface area contributed by atoms with Crippen molar-refractivity contribution in [1.82, 2.24) is 14.9 Å². The Morgan fingerprint density at radius 3 is 2.53 bits per heavy atom. The third-order valence-corrected chi connectivity index (χ3v) is 7.38. The molecule has 1 saturated heterocycles. The summed E-state index contributed by atoms with van der Waals surface area (Å²) < 4.78 is 0. The minimum Gasteiger partial charge on any atom is -0.395 e. The summed E-state index contributed by atoms with van der Waals surface area (Å²) in [5, 5.41) is 12.5. The Kier molecular flexibility index (Phi) is 6.82. The number of carbonyl (C=O) groups excluding carboxylic acids is 1. The van der Waals surface area contributed by atoms with Crippen molar-refractivity contribution in [3.05, 3.63) is 30.5 Å². The van der Waals surface area contributed by atoms with Crippen molar-refractivity contribution in [2.75, 3.05) is 72.9 Å². The number of hydrogen-bond donors (Lipinski definition) is 2. The van der Waals surface area contributed by atoms with Gasteiger partial charge < -0.3 is 29.9 Å². The number of aliphatic hydroxyl groups excluding tert-OH is 1. The fourth-order valence-electron chi connectivity index (χ4n) is 5.50. The van der Waals surface area contributed by atoms with Crippen LogP contribution in [0.5, 0.6) is 0 Å². The molecule has 1 aromatic heterocycles. The lowest BCUT2D eigenvalue weighted by Crippen LogP contribution is -2.53. The van der Waals surface area contributed by atoms with Crippen LogP contribution >= 0.6 is 0 Å². The predicted octanol–water partition coefficient (Wildman–Crippen LogP) is 2.10. The zero-order valence-electron chi connectivity index (χ0n) is 19.9. The molecule has 1 aliphatic carbocycles. The molecule has 0 spiro atoms. The van der Waals surface area contributed by atoms with Gasteiger partial charge in [0.05, 0.1) is 18.5 Å². The lowest BCUT2D eigenvalue weighted by atomic mass is 10.1. The van der Waals surface area contributed by atoms with E-state index in [4.69, 9.17) is 10.1 Å². The highest BCUT2D eigenvalue weighted by atomic mass is 16.3. The number of carbonyl (C=O) groups is 1. The molecule has 1 unspecified atom stereocenters. The second kappa shape index (κ2) is 10.1. The normalized spacial score (nSPS) is 21.6. The average Bonchev–Trinajstić information content (AvgIpc) is 3.39. The standard InChI is InChI=1S/C25H35N7O2/c1-29-17-22(18-34)32(21-4-2-3-5-21)24-23(29)16-26-25(28-24)27-19-6-8-20(9-7-19)31-12-10-30(11-13-31)14-15-33/h6-9,16,18,21-22,33H,2-5,10-15,17H2,1H3,(H,26,27,28). The Balaban J connectivity index is 1.31. The third-order valence-electron chi connectivity index (χ3n) is 7.38. The number of hydrogen-bond acceptors (Lipinski definition) is 9. The number of rotatable bonds is 7. The van der Waals surface area contributed by atoms with Crippen LogP contribution in [-0.4, -0.2) is 91.3 Å². The van der Waals surface area contributed by atoms with Crippen molar-refractivity contribution in [2.45, 2.75) is 37.8 Å². The lowest BCUT2D eigenvalue weighted by Gasteiger charge is -2.43. The number of piperazine rings is 1. The molecule has 5 rings (SSSR count). The van der Waals surface area contributed by atoms with Crippen LogP contribution in [0.3, 0.4) is 0 Å². The van der Waals surface area contributed by atoms with Crippen LogP contribution in [0.4, 0.5) is 28.8 Å². The van der Waals surface area contributed by atoms with E-state index in [0.717, 1.165) is 69.0 Å². The predicted molar refractivity (Wildman–Crippen MR) is 135 cm³/mol. The summed E-state index contributed by atoms with van der Waals surface area (Å²) in [6, 6.07) is 8.57. The van der Waals surface area contributed by atoms with Gasteiger partial charge in [0.1, 0.15) is 12.3 Å². The first kappa shape index (κ1) is 22.9. The maximum absolute atomic E-state index is 11.9. The van der Waals surface area contributed by atoms with Crippen LogP contribution in [0.25, 0.3) is 0 Å². The molecule has 2 N–H and O–H groups in total. The largest absolute Gasteiger partial charge is 0.395 e. The molecule has 3 aliphatic rings. The molecule has 2 fully saturated rings. The van der Waals surface area contributed by atoms with Gasteiger partial charge in [-0.1, -0.05) is 12.8 Å². The van der Waals surface area contributed by atoms with Crippen LogP contribution < -0.4 is 20.0 Å². The molecule has 9 heteroatoms. The number of fused-ring (bicyclic) bond motifs is 1. The number of nitrogens with one attached hydrogen (secondary N) is 1. The zero-order valence-corrected chi connectivity index (χ0v) is 19.9. The Hall–Kier alpha value is -2.91. The summed E-state index contributed by atoms with van der Waals surface area (Å²) in [5.74, 6) is 1.40. The zero-order chi connectivity index (χ0) is 23.5. The number of aliphatic hydroxyl groups is 1. The number of nitrogens with zero attached hydrogens (tertiary/aromatic N) is 6. The quantitative estimate of drug-likeness (QED) is 0.597. The summed E-state index contributed by atoms with van der Waals surface area (Å²) in [5.41, 5.74) is 3.11. The summed E-state index contributed by atoms with van der Waals surface area (Å²) in [6.07, 6.45) is 7.56. The molecular weight excluding hydrogens is 430 g/mol. The molecule has 2 aromatic rings. The topological polar surface area (TPSA) is 88.1 Å². The van der Waals surface area contributed by atoms with Crippen molar-refractivity contribution < 1.29 is 9.90 Å². The second-order valence-electron chi connectivity index (χ2n) is 9.56. The number of β-amino-alcohol motifs (C(OH)–C–C–N with tert-alkyl or cyclic N) is 1. The number of benzene rings is 1. The van der Waals surface area contributed by atoms with Gasteiger partial charge in [-0.05, 0) is 37.1 Å². The van der Waals surface area contributed by atoms with Gasteiger partial charge >= 0.3 is 0 Å². The van der Waals surface area contributed by atoms with Gasteiger partial charge in [-0.25, -0.2) is 4.98 Å². The monoisotopic (exact) mass is 465 g/mol. The van der Waals surface area contributed by atoms with E-state index >= 15 is 0 Å². The van der Waals surface area contributed by atoms with E-state index in [1.807, 2.05) is 13.2 Å². The van der Waals surface area contributed by atoms with E-state index in [1.54, 1.807) is 0 Å². The molecule has 1 atom stereocenters. The van der Waals surface area contributed by atoms with Gasteiger partial charge in [0.2, 0.25) is 5.95 Å². The maximum atomic E-state index is 11.9. The molecule has 9 nitrogen and oxygen atoms in total. The van der Waals surface area contributed by atoms with Crippen LogP contribution in [0.15, 0.2) is 30.5 Å². The molecular formula is C25H35N7O2. The van der Waals surface area contributed by atoms with E-state index in [0.29, 0.717) is 18.5 Å². The first-order chi connectivity index (χ1) is 16.7. The SMILES string of the molecule is CN1CC(C=O)N(C2CCCC2)c2nc(Nc3ccc(N4CCN(CCO)CC4)cc3)ncc21. The first-order valence-electron chi connectivity index (χ1n) is 12.4. The van der Waals surface area contributed by atoms with Crippen molar-refractivity contribution in [2.24, 2.45) is 0 Å². The molecule has 0 amide bonds. The van der Waals surface area contributed by atoms with E-state index < -0.39 is 0 Å². The van der Waals surface area contributed by atoms with Crippen LogP contribution in [-0.2, 0) is 4.79 Å². The summed E-state index contributed by atoms with van der Waals surface area (Å²) in [4.78, 5) is 30.4. The molecule has 0 bridgehead atoms. The Bertz CT molecular complexity index is 972. The number of aldehydes is 1. The van der Waals surface area contributed by atoms with E-state index in [2.05, 4.69) is 54.2 Å². The Morgan fingerprint density at radius 2 is 1.85 bits per heavy atom. The van der Waals surface area contributed by atoms with Crippen LogP contribution in [0.2, 0.25) is 0 Å². The van der Waals surface area contributed by atoms with Gasteiger partial charge in [0.25, 0.3) is 0 Å². The minimum atomic E-state index is -0.180. The smallest absolute Gasteiger partial charge is 0.229 e. The highest BCUT2D eigenvalue weighted by molar-refractivity contribution is 5.78. The van der Waals surface area contributed by atoms with E-state index in [9.17, 15) is 4.79 Å². The van der Waals surface area contributed by atoms with Crippen molar-refractivity contribution in [3.8, 4) is 0 Å². The van der Waals surface area contributed by atoms with Crippen molar-refractivity contribution in [3.63, 3.8) is 0 Å². The van der Waals surface area contributed by atoms with Crippen LogP contribution in [0.1, 0.15) is 25.7 Å². The van der Waals surface area contributed by atoms with Crippen molar-refractivity contribution >= 4 is 35.1 Å². The fourth-order valence-corrected chi connectivity index (χ4v) is 5.50. The number of aromatic nitrogens is 2. The number of anilines is 5. The van der Waals surface area contributed by atoms with Gasteiger partial charge in [-0.3, -0.25) is 4.90 Å². The third kappa shape index (κ3) is 4.67. The molecule has 182 valence electrons. The van der Waals surface area contributed by atoms with Gasteiger partial charge in [-0.15, -0.1) is 0 Å². The summed E-state index contributed by atoms with van der Waals surface area (Å²) in [7, 11) is 2.00. The van der Waals surface area contributed by atoms with Gasteiger partial charge in [-0.2, -0.15) is 4.98 Å². The molecule has 2 aliphatic heterocycles. The van der Waals surface area contributed by atoms with Gasteiger partial charge in [0, 0.05) is 63.7 Å². The first-order valence-corrected chi connectivity index (χ1v) is 12.4. The Labute approximate surface area is 201 Å². The van der Waals surface area contributed by atoms with E-state index in [1.165, 1.54) is 18.5 Å². The van der Waals surface area contributed by atoms with Crippen molar-refractivity contribution in [1.29, 1.82) is 0 Å². The summed E-state index contributed by atoms with van der Waals surface area (Å²) >= 11 is 0. The molecule has 34 heavy (non-hydrogen) atoms. The molecule has 0 radical (unpaired) electrons. The highest BCUT2D eigenvalue weighted by Crippen LogP contribution is 2.38. The van der Waals surface area contributed by atoms with E-state index in [-0.39, 0.29) is 12.6 Å².